The number of ether oxygens (including phenoxy) is 13. The Labute approximate surface area is 542 Å². The molecule has 29 atom stereocenters. The summed E-state index contributed by atoms with van der Waals surface area (Å²) in [6, 6.07) is -1.12. The van der Waals surface area contributed by atoms with Gasteiger partial charge < -0.3 is 87.3 Å². The zero-order valence-corrected chi connectivity index (χ0v) is 55.4. The van der Waals surface area contributed by atoms with Gasteiger partial charge >= 0.3 is 18.0 Å². The van der Waals surface area contributed by atoms with Gasteiger partial charge in [-0.3, -0.25) is 24.5 Å². The Bertz CT molecular complexity index is 2960. The van der Waals surface area contributed by atoms with Crippen LogP contribution in [0, 0.1) is 51.0 Å². The van der Waals surface area contributed by atoms with Gasteiger partial charge in [-0.05, 0) is 109 Å². The van der Waals surface area contributed by atoms with E-state index in [2.05, 4.69) is 19.2 Å². The number of nitrogens with one attached hydrogen (secondary N) is 1. The quantitative estimate of drug-likeness (QED) is 0.0240. The number of aliphatic hydroxyl groups excluding tert-OH is 4. The highest BCUT2D eigenvalue weighted by Crippen LogP contribution is 2.60. The number of aldehydes is 1. The summed E-state index contributed by atoms with van der Waals surface area (Å²) < 4.78 is 81.5. The van der Waals surface area contributed by atoms with Crippen LogP contribution in [-0.4, -0.2) is 197 Å². The summed E-state index contributed by atoms with van der Waals surface area (Å²) >= 11 is 0. The van der Waals surface area contributed by atoms with E-state index >= 15 is 4.79 Å². The smallest absolute Gasteiger partial charge is 0.407 e. The van der Waals surface area contributed by atoms with E-state index in [0.717, 1.165) is 7.11 Å². The molecule has 3 unspecified atom stereocenters. The first kappa shape index (κ1) is 70.7. The number of carbonyl (C=O) groups is 5. The van der Waals surface area contributed by atoms with Crippen molar-refractivity contribution in [1.29, 1.82) is 0 Å². The number of hydrogen-bond donors (Lipinski definition) is 5. The fourth-order valence-corrected chi connectivity index (χ4v) is 16.9. The molecule has 0 radical (unpaired) electrons. The van der Waals surface area contributed by atoms with E-state index in [1.807, 2.05) is 39.0 Å². The average Bonchev–Trinajstić information content (AvgIpc) is 1.68. The largest absolute Gasteiger partial charge is 0.507 e. The molecule has 6 aliphatic heterocycles. The molecule has 5 saturated heterocycles. The Morgan fingerprint density at radius 3 is 2.01 bits per heavy atom. The second kappa shape index (κ2) is 28.2. The number of carbonyl (C=O) groups excluding carboxylic acids is 5. The number of rotatable bonds is 14. The summed E-state index contributed by atoms with van der Waals surface area (Å²) in [6.45, 7) is 21.0. The molecule has 518 valence electrons. The van der Waals surface area contributed by atoms with Crippen molar-refractivity contribution in [3.05, 3.63) is 68.5 Å². The molecule has 93 heavy (non-hydrogen) atoms. The van der Waals surface area contributed by atoms with E-state index in [9.17, 15) is 49.7 Å². The zero-order valence-electron chi connectivity index (χ0n) is 55.4. The highest BCUT2D eigenvalue weighted by atomic mass is 16.8. The van der Waals surface area contributed by atoms with Crippen molar-refractivity contribution in [1.82, 2.24) is 5.32 Å². The monoisotopic (exact) mass is 1310 g/mol. The Kier molecular flexibility index (Phi) is 21.4. The first-order valence-corrected chi connectivity index (χ1v) is 33.1. The molecule has 0 aromatic rings. The molecule has 1 spiro atoms. The van der Waals surface area contributed by atoms with E-state index in [1.165, 1.54) is 19.9 Å². The van der Waals surface area contributed by atoms with Gasteiger partial charge in [-0.2, -0.15) is 0 Å². The highest BCUT2D eigenvalue weighted by Gasteiger charge is 2.65. The van der Waals surface area contributed by atoms with Crippen LogP contribution < -0.4 is 5.32 Å². The Morgan fingerprint density at radius 1 is 0.720 bits per heavy atom. The maximum absolute atomic E-state index is 16.2. The summed E-state index contributed by atoms with van der Waals surface area (Å²) in [5, 5.41) is 61.5. The Balaban J connectivity index is 0.902. The Hall–Kier alpha value is -5.07. The van der Waals surface area contributed by atoms with Crippen molar-refractivity contribution >= 4 is 30.1 Å². The lowest BCUT2D eigenvalue weighted by molar-refractivity contribution is -0.584. The number of nitro groups is 1. The number of allylic oxidation sites excluding steroid dienone is 2. The zero-order chi connectivity index (χ0) is 67.5. The number of ketones is 1. The van der Waals surface area contributed by atoms with Gasteiger partial charge in [0.2, 0.25) is 5.54 Å². The van der Waals surface area contributed by atoms with Crippen molar-refractivity contribution < 1.29 is 111 Å². The molecule has 4 aliphatic carbocycles. The van der Waals surface area contributed by atoms with Crippen molar-refractivity contribution in [2.24, 2.45) is 40.9 Å². The fourth-order valence-electron chi connectivity index (χ4n) is 16.9. The summed E-state index contributed by atoms with van der Waals surface area (Å²) in [5.41, 5.74) is -4.90. The second-order valence-electron chi connectivity index (χ2n) is 28.2. The maximum atomic E-state index is 16.2. The van der Waals surface area contributed by atoms with Gasteiger partial charge in [0.25, 0.3) is 0 Å². The van der Waals surface area contributed by atoms with Crippen LogP contribution in [0.2, 0.25) is 0 Å². The van der Waals surface area contributed by atoms with E-state index in [4.69, 9.17) is 61.6 Å². The lowest BCUT2D eigenvalue weighted by atomic mass is 9.48. The minimum absolute atomic E-state index is 0.0176. The van der Waals surface area contributed by atoms with E-state index in [0.29, 0.717) is 49.5 Å². The minimum atomic E-state index is -2.13. The summed E-state index contributed by atoms with van der Waals surface area (Å²) in [5.74, 6) is -6.55. The third-order valence-electron chi connectivity index (χ3n) is 21.7. The molecule has 6 fully saturated rings. The summed E-state index contributed by atoms with van der Waals surface area (Å²) in [4.78, 5) is 81.1. The van der Waals surface area contributed by atoms with Crippen LogP contribution in [0.25, 0.3) is 0 Å². The molecule has 26 nitrogen and oxygen atoms in total. The molecule has 10 aliphatic rings. The number of methoxy groups -OCH3 is 1. The van der Waals surface area contributed by atoms with Crippen molar-refractivity contribution in [2.45, 2.75) is 281 Å². The standard InChI is InChI=1S/C67H96N2O24/c1-30-14-18-47(88-54-28-65(11,69(79)80)60(38(9)86-54)68-64(78)81-13)31(2)23-43-45(73)24-40(29-70)27-67(43)62(76)55(63(77)93-67)61(75)66(12)42(30)16-15-41-56(66)32(3)22-33(4)57(41)92-53-26-49(59(37(8)85-53)87-39(10)71)90-50-21-19-48(35(6)83-50)89-52-25-46(74)58(36(7)84-52)91-51-20-17-44(72)34(5)82-51/h14-16,23-24,29,32-38,41-54,56-60,72-74,76H,17-22,25-28H2,1-13H3,(H,68,78)/b30-14+,31-23+/t32-,33-,34-,35-,36-,37-,38+,41-,42+,43+,44+,45-,46+,47-,48?,49+,50-,51-,52-,53-,54-,56+,57-,58?,59-,60-,65-,66+,67?/m0/s1. The number of esters is 2. The van der Waals surface area contributed by atoms with Gasteiger partial charge in [-0.25, -0.2) is 9.59 Å². The molecule has 1 amide bonds. The normalized spacial score (nSPS) is 47.4. The van der Waals surface area contributed by atoms with Crippen LogP contribution in [0.15, 0.2) is 58.4 Å². The van der Waals surface area contributed by atoms with Crippen LogP contribution in [0.5, 0.6) is 0 Å². The van der Waals surface area contributed by atoms with Crippen LogP contribution in [0.1, 0.15) is 147 Å². The lowest BCUT2D eigenvalue weighted by Crippen LogP contribution is -2.65. The maximum Gasteiger partial charge on any atom is 0.407 e. The molecule has 1 saturated carbocycles. The SMILES string of the molecule is COC(=O)N[C@H]1[C@@H](C)O[C@@H](O[C@H]2C/C=C(\C)[C@H]3C=C[C@@H]4[C@@H](O[C@H]5C[C@@H](O[C@H]6CCC(O[C@H]7C[C@@H](O)C(O[C@H]8CC[C@@H](O)[C@H](C)O8)[C@H](C)O7)[C@H](C)O6)[C@@H](OC(C)=O)[C@H](C)O5)[C@@H](C)C[C@H](C)[C@H]4[C@]3(C)C(=O)C3=C(O)C4(CC(C=O)=C[C@H](O)[C@H]4/C=C/2C)OC3=O)C[C@]1(C)[N+](=O)[O-]. The predicted octanol–water partition coefficient (Wildman–Crippen LogP) is 6.36. The number of nitrogens with zero attached hydrogens (tertiary/aromatic N) is 1. The van der Waals surface area contributed by atoms with Gasteiger partial charge in [-0.15, -0.1) is 0 Å². The van der Waals surface area contributed by atoms with Gasteiger partial charge in [-0.1, -0.05) is 50.6 Å². The second-order valence-corrected chi connectivity index (χ2v) is 28.2. The molecule has 5 N–H and O–H groups in total. The first-order valence-electron chi connectivity index (χ1n) is 33.1. The molecule has 0 aromatic carbocycles. The van der Waals surface area contributed by atoms with Gasteiger partial charge in [0.05, 0.1) is 86.6 Å². The predicted molar refractivity (Wildman–Crippen MR) is 325 cm³/mol. The molecule has 10 rings (SSSR count). The summed E-state index contributed by atoms with van der Waals surface area (Å²) in [7, 11) is 1.15. The first-order chi connectivity index (χ1) is 43.9. The number of amides is 1. The van der Waals surface area contributed by atoms with E-state index in [-0.39, 0.29) is 49.5 Å². The van der Waals surface area contributed by atoms with Crippen LogP contribution in [0.4, 0.5) is 4.79 Å². The van der Waals surface area contributed by atoms with Gasteiger partial charge in [0.15, 0.2) is 54.7 Å². The topological polar surface area (TPSA) is 341 Å². The number of alkyl carbamates (subject to hydrolysis) is 1. The van der Waals surface area contributed by atoms with Crippen LogP contribution >= 0.6 is 0 Å². The number of hydrogen-bond acceptors (Lipinski definition) is 24. The molecule has 2 bridgehead atoms. The van der Waals surface area contributed by atoms with Crippen LogP contribution in [-0.2, 0) is 80.8 Å². The summed E-state index contributed by atoms with van der Waals surface area (Å²) in [6.07, 6.45) is -4.20. The van der Waals surface area contributed by atoms with Gasteiger partial charge in [0.1, 0.15) is 30.1 Å². The molecular formula is C67H96N2O24. The highest BCUT2D eigenvalue weighted by molar-refractivity contribution is 6.21. The molecule has 0 aromatic heterocycles. The lowest BCUT2D eigenvalue weighted by Gasteiger charge is -2.56. The Morgan fingerprint density at radius 2 is 1.35 bits per heavy atom. The van der Waals surface area contributed by atoms with Crippen molar-refractivity contribution in [3.63, 3.8) is 0 Å². The molecule has 26 heteroatoms. The third-order valence-corrected chi connectivity index (χ3v) is 21.7. The van der Waals surface area contributed by atoms with E-state index in [1.54, 1.807) is 40.7 Å². The van der Waals surface area contributed by atoms with Crippen molar-refractivity contribution in [3.8, 4) is 0 Å². The number of Topliss-reactive ketones (excluding diaryl/α,β-unsaturated/α-hetero) is 1. The fraction of sp³-hybridized carbons (Fsp3) is 0.776. The van der Waals surface area contributed by atoms with E-state index < -0.39 is 203 Å². The number of fused-ring (bicyclic) bond motifs is 3. The third kappa shape index (κ3) is 14.0. The van der Waals surface area contributed by atoms with Gasteiger partial charge in [0, 0.05) is 68.1 Å². The van der Waals surface area contributed by atoms with Crippen LogP contribution in [0.3, 0.4) is 0 Å². The minimum Gasteiger partial charge on any atom is -0.507 e. The molecular weight excluding hydrogens is 1220 g/mol. The molecule has 6 heterocycles. The number of aliphatic hydroxyl groups is 4. The van der Waals surface area contributed by atoms with Crippen molar-refractivity contribution in [2.75, 3.05) is 7.11 Å². The average molecular weight is 1310 g/mol.